The number of halogens is 1. The van der Waals surface area contributed by atoms with Crippen LogP contribution in [0, 0.1) is 0 Å². The average molecular weight is 561 g/mol. The molecule has 0 spiro atoms. The van der Waals surface area contributed by atoms with E-state index in [1.807, 2.05) is 71.6 Å². The SMILES string of the molecule is C[C@H](CN1CC[C@H](CNC(=O)c2ccc3ccccc3c2)N[C@H](CCN2CCCCC2)C1=O)c1ccc(Cl)cc1. The molecule has 0 aromatic heterocycles. The Labute approximate surface area is 243 Å². The van der Waals surface area contributed by atoms with Crippen LogP contribution < -0.4 is 10.6 Å². The first-order chi connectivity index (χ1) is 19.5. The standard InChI is InChI=1S/C33H41ClN4O2/c1-24(25-11-13-29(34)14-12-25)23-38-20-15-30(36-31(33(38)40)16-19-37-17-5-2-6-18-37)22-35-32(39)28-10-9-26-7-3-4-8-27(26)21-28/h3-4,7-14,21,24,30-31,36H,2,5-6,15-20,22-23H2,1H3,(H,35,39)/t24-,30-,31-/m1/s1. The van der Waals surface area contributed by atoms with E-state index in [9.17, 15) is 9.59 Å². The van der Waals surface area contributed by atoms with Crippen LogP contribution >= 0.6 is 11.6 Å². The molecule has 212 valence electrons. The van der Waals surface area contributed by atoms with Crippen LogP contribution in [0.1, 0.15) is 60.9 Å². The van der Waals surface area contributed by atoms with Gasteiger partial charge in [-0.2, -0.15) is 0 Å². The van der Waals surface area contributed by atoms with Gasteiger partial charge in [0.15, 0.2) is 0 Å². The smallest absolute Gasteiger partial charge is 0.251 e. The monoisotopic (exact) mass is 560 g/mol. The number of hydrogen-bond acceptors (Lipinski definition) is 4. The summed E-state index contributed by atoms with van der Waals surface area (Å²) in [7, 11) is 0. The first-order valence-electron chi connectivity index (χ1n) is 14.8. The quantitative estimate of drug-likeness (QED) is 0.365. The van der Waals surface area contributed by atoms with Crippen LogP contribution in [0.4, 0.5) is 0 Å². The minimum Gasteiger partial charge on any atom is -0.350 e. The van der Waals surface area contributed by atoms with Gasteiger partial charge in [-0.15, -0.1) is 0 Å². The summed E-state index contributed by atoms with van der Waals surface area (Å²) in [6.07, 6.45) is 5.34. The molecule has 0 aliphatic carbocycles. The highest BCUT2D eigenvalue weighted by molar-refractivity contribution is 6.30. The number of rotatable bonds is 9. The molecule has 3 aromatic rings. The van der Waals surface area contributed by atoms with Crippen molar-refractivity contribution in [3.05, 3.63) is 82.9 Å². The number of nitrogens with zero attached hydrogens (tertiary/aromatic N) is 2. The lowest BCUT2D eigenvalue weighted by Crippen LogP contribution is -2.50. The molecule has 7 heteroatoms. The van der Waals surface area contributed by atoms with Crippen LogP contribution in [0.5, 0.6) is 0 Å². The molecule has 5 rings (SSSR count). The highest BCUT2D eigenvalue weighted by Gasteiger charge is 2.32. The molecular formula is C33H41ClN4O2. The maximum atomic E-state index is 13.8. The van der Waals surface area contributed by atoms with E-state index in [2.05, 4.69) is 22.5 Å². The fourth-order valence-electron chi connectivity index (χ4n) is 6.00. The lowest BCUT2D eigenvalue weighted by Gasteiger charge is -2.30. The van der Waals surface area contributed by atoms with Crippen molar-refractivity contribution in [3.8, 4) is 0 Å². The third-order valence-electron chi connectivity index (χ3n) is 8.43. The van der Waals surface area contributed by atoms with E-state index >= 15 is 0 Å². The summed E-state index contributed by atoms with van der Waals surface area (Å²) in [5.41, 5.74) is 1.84. The van der Waals surface area contributed by atoms with E-state index < -0.39 is 0 Å². The van der Waals surface area contributed by atoms with Gasteiger partial charge in [0.1, 0.15) is 0 Å². The number of carbonyl (C=O) groups excluding carboxylic acids is 2. The molecule has 2 N–H and O–H groups in total. The maximum absolute atomic E-state index is 13.8. The van der Waals surface area contributed by atoms with Crippen LogP contribution in [0.25, 0.3) is 10.8 Å². The molecule has 3 aromatic carbocycles. The normalized spacial score (nSPS) is 21.2. The molecule has 2 aliphatic heterocycles. The van der Waals surface area contributed by atoms with Crippen molar-refractivity contribution < 1.29 is 9.59 Å². The molecule has 0 bridgehead atoms. The predicted molar refractivity (Wildman–Crippen MR) is 163 cm³/mol. The van der Waals surface area contributed by atoms with Gasteiger partial charge in [-0.3, -0.25) is 9.59 Å². The Morgan fingerprint density at radius 2 is 1.75 bits per heavy atom. The molecule has 2 saturated heterocycles. The van der Waals surface area contributed by atoms with Gasteiger partial charge in [-0.1, -0.05) is 67.4 Å². The molecule has 0 unspecified atom stereocenters. The lowest BCUT2D eigenvalue weighted by molar-refractivity contribution is -0.133. The van der Waals surface area contributed by atoms with Gasteiger partial charge in [0.05, 0.1) is 6.04 Å². The summed E-state index contributed by atoms with van der Waals surface area (Å²) in [6, 6.07) is 21.6. The second-order valence-corrected chi connectivity index (χ2v) is 11.8. The third kappa shape index (κ3) is 7.42. The van der Waals surface area contributed by atoms with Crippen molar-refractivity contribution in [1.29, 1.82) is 0 Å². The molecule has 2 fully saturated rings. The summed E-state index contributed by atoms with van der Waals surface area (Å²) < 4.78 is 0. The van der Waals surface area contributed by atoms with E-state index in [4.69, 9.17) is 11.6 Å². The number of likely N-dealkylation sites (tertiary alicyclic amines) is 1. The molecule has 2 aliphatic rings. The Kier molecular flexibility index (Phi) is 9.74. The predicted octanol–water partition coefficient (Wildman–Crippen LogP) is 5.46. The number of fused-ring (bicyclic) bond motifs is 1. The summed E-state index contributed by atoms with van der Waals surface area (Å²) in [5, 5.41) is 9.67. The van der Waals surface area contributed by atoms with Crippen molar-refractivity contribution in [1.82, 2.24) is 20.4 Å². The summed E-state index contributed by atoms with van der Waals surface area (Å²) >= 11 is 6.10. The number of piperidine rings is 1. The maximum Gasteiger partial charge on any atom is 0.251 e. The fourth-order valence-corrected chi connectivity index (χ4v) is 6.13. The number of amides is 2. The van der Waals surface area contributed by atoms with Gasteiger partial charge >= 0.3 is 0 Å². The molecule has 0 radical (unpaired) electrons. The molecule has 6 nitrogen and oxygen atoms in total. The van der Waals surface area contributed by atoms with Crippen molar-refractivity contribution in [2.24, 2.45) is 0 Å². The number of nitrogens with one attached hydrogen (secondary N) is 2. The zero-order chi connectivity index (χ0) is 27.9. The zero-order valence-corrected chi connectivity index (χ0v) is 24.2. The average Bonchev–Trinajstić information content (AvgIpc) is 3.13. The summed E-state index contributed by atoms with van der Waals surface area (Å²) in [6.45, 7) is 7.13. The second-order valence-electron chi connectivity index (χ2n) is 11.4. The van der Waals surface area contributed by atoms with E-state index in [0.29, 0.717) is 25.2 Å². The fraction of sp³-hybridized carbons (Fsp3) is 0.455. The summed E-state index contributed by atoms with van der Waals surface area (Å²) in [4.78, 5) is 31.4. The van der Waals surface area contributed by atoms with Crippen molar-refractivity contribution in [2.75, 3.05) is 39.3 Å². The van der Waals surface area contributed by atoms with Crippen LogP contribution in [0.2, 0.25) is 5.02 Å². The highest BCUT2D eigenvalue weighted by Crippen LogP contribution is 2.22. The number of carbonyl (C=O) groups is 2. The minimum atomic E-state index is -0.260. The van der Waals surface area contributed by atoms with E-state index in [1.165, 1.54) is 24.8 Å². The molecule has 3 atom stereocenters. The number of benzene rings is 3. The van der Waals surface area contributed by atoms with Gasteiger partial charge < -0.3 is 20.4 Å². The Bertz CT molecular complexity index is 1290. The van der Waals surface area contributed by atoms with Crippen LogP contribution in [-0.4, -0.2) is 73.0 Å². The highest BCUT2D eigenvalue weighted by atomic mass is 35.5. The van der Waals surface area contributed by atoms with Crippen LogP contribution in [0.15, 0.2) is 66.7 Å². The van der Waals surface area contributed by atoms with E-state index in [-0.39, 0.29) is 29.8 Å². The largest absolute Gasteiger partial charge is 0.350 e. The Morgan fingerprint density at radius 3 is 2.52 bits per heavy atom. The van der Waals surface area contributed by atoms with Crippen molar-refractivity contribution in [3.63, 3.8) is 0 Å². The first-order valence-corrected chi connectivity index (χ1v) is 15.1. The van der Waals surface area contributed by atoms with Crippen LogP contribution in [-0.2, 0) is 4.79 Å². The summed E-state index contributed by atoms with van der Waals surface area (Å²) in [5.74, 6) is 0.288. The third-order valence-corrected chi connectivity index (χ3v) is 8.68. The van der Waals surface area contributed by atoms with Gasteiger partial charge in [0.25, 0.3) is 5.91 Å². The van der Waals surface area contributed by atoms with E-state index in [0.717, 1.165) is 48.3 Å². The lowest BCUT2D eigenvalue weighted by atomic mass is 10.00. The first kappa shape index (κ1) is 28.6. The molecular weight excluding hydrogens is 520 g/mol. The number of hydrogen-bond donors (Lipinski definition) is 2. The van der Waals surface area contributed by atoms with E-state index in [1.54, 1.807) is 0 Å². The van der Waals surface area contributed by atoms with Crippen molar-refractivity contribution in [2.45, 2.75) is 57.0 Å². The van der Waals surface area contributed by atoms with Crippen molar-refractivity contribution >= 4 is 34.2 Å². The molecule has 2 amide bonds. The molecule has 40 heavy (non-hydrogen) atoms. The molecule has 2 heterocycles. The van der Waals surface area contributed by atoms with Gasteiger partial charge in [-0.05, 0) is 85.3 Å². The van der Waals surface area contributed by atoms with Gasteiger partial charge in [0, 0.05) is 42.8 Å². The minimum absolute atomic E-state index is 0.0237. The second kappa shape index (κ2) is 13.6. The van der Waals surface area contributed by atoms with Gasteiger partial charge in [0.2, 0.25) is 5.91 Å². The Hall–Kier alpha value is -2.93. The Morgan fingerprint density at radius 1 is 1.00 bits per heavy atom. The Balaban J connectivity index is 1.24. The van der Waals surface area contributed by atoms with Gasteiger partial charge in [-0.25, -0.2) is 0 Å². The van der Waals surface area contributed by atoms with Crippen LogP contribution in [0.3, 0.4) is 0 Å². The molecule has 0 saturated carbocycles. The topological polar surface area (TPSA) is 64.7 Å². The zero-order valence-electron chi connectivity index (χ0n) is 23.4.